The van der Waals surface area contributed by atoms with Crippen molar-refractivity contribution in [2.24, 2.45) is 0 Å². The quantitative estimate of drug-likeness (QED) is 0.710. The molecule has 1 unspecified atom stereocenters. The molecule has 0 amide bonds. The van der Waals surface area contributed by atoms with Crippen LogP contribution < -0.4 is 4.74 Å². The van der Waals surface area contributed by atoms with Gasteiger partial charge in [-0.1, -0.05) is 29.4 Å². The summed E-state index contributed by atoms with van der Waals surface area (Å²) in [7, 11) is 0. The highest BCUT2D eigenvalue weighted by Crippen LogP contribution is 2.43. The third-order valence-corrected chi connectivity index (χ3v) is 4.23. The fraction of sp³-hybridized carbons (Fsp3) is 0.316. The van der Waals surface area contributed by atoms with Crippen molar-refractivity contribution in [1.82, 2.24) is 15.1 Å². The number of para-hydroxylation sites is 1. The summed E-state index contributed by atoms with van der Waals surface area (Å²) in [5, 5.41) is 4.13. The van der Waals surface area contributed by atoms with Gasteiger partial charge < -0.3 is 9.26 Å². The van der Waals surface area contributed by atoms with Gasteiger partial charge in [-0.25, -0.2) is 4.98 Å². The Kier molecular flexibility index (Phi) is 3.37. The Bertz CT molecular complexity index is 886. The maximum Gasteiger partial charge on any atom is 0.234 e. The Morgan fingerprint density at radius 3 is 2.71 bits per heavy atom. The summed E-state index contributed by atoms with van der Waals surface area (Å²) in [6.07, 6.45) is 0.785. The number of aryl methyl sites for hydroxylation is 1. The van der Waals surface area contributed by atoms with Crippen molar-refractivity contribution in [3.63, 3.8) is 0 Å². The van der Waals surface area contributed by atoms with E-state index >= 15 is 0 Å². The summed E-state index contributed by atoms with van der Waals surface area (Å²) in [5.74, 6) is 2.04. The minimum atomic E-state index is -0.283. The van der Waals surface area contributed by atoms with Gasteiger partial charge >= 0.3 is 0 Å². The summed E-state index contributed by atoms with van der Waals surface area (Å²) in [5.41, 5.74) is 2.46. The average Bonchev–Trinajstić information content (AvgIpc) is 3.03. The molecule has 0 bridgehead atoms. The van der Waals surface area contributed by atoms with E-state index in [1.807, 2.05) is 43.3 Å². The highest BCUT2D eigenvalue weighted by Gasteiger charge is 2.37. The van der Waals surface area contributed by atoms with Crippen LogP contribution in [0.3, 0.4) is 0 Å². The van der Waals surface area contributed by atoms with Crippen molar-refractivity contribution in [3.8, 4) is 17.3 Å². The average molecular weight is 321 g/mol. The first kappa shape index (κ1) is 14.9. The van der Waals surface area contributed by atoms with Gasteiger partial charge in [-0.3, -0.25) is 0 Å². The molecular weight excluding hydrogens is 302 g/mol. The van der Waals surface area contributed by atoms with Crippen LogP contribution >= 0.6 is 0 Å². The first-order valence-corrected chi connectivity index (χ1v) is 8.07. The second-order valence-corrected chi connectivity index (χ2v) is 6.78. The Hall–Kier alpha value is -2.69. The molecule has 0 saturated heterocycles. The largest absolute Gasteiger partial charge is 0.488 e. The monoisotopic (exact) mass is 321 g/mol. The lowest BCUT2D eigenvalue weighted by molar-refractivity contribution is 0.0725. The summed E-state index contributed by atoms with van der Waals surface area (Å²) >= 11 is 0. The molecule has 1 aliphatic heterocycles. The first-order chi connectivity index (χ1) is 11.5. The number of ether oxygens (including phenoxy) is 1. The van der Waals surface area contributed by atoms with Crippen LogP contribution in [0, 0.1) is 6.92 Å². The van der Waals surface area contributed by atoms with Crippen molar-refractivity contribution < 1.29 is 9.26 Å². The number of fused-ring (bicyclic) bond motifs is 1. The molecule has 3 heterocycles. The maximum absolute atomic E-state index is 6.08. The fourth-order valence-electron chi connectivity index (χ4n) is 3.17. The lowest BCUT2D eigenvalue weighted by Gasteiger charge is -2.36. The van der Waals surface area contributed by atoms with Crippen LogP contribution in [0.2, 0.25) is 0 Å². The molecule has 2 aromatic heterocycles. The van der Waals surface area contributed by atoms with Crippen LogP contribution in [0.25, 0.3) is 11.5 Å². The van der Waals surface area contributed by atoms with Crippen molar-refractivity contribution in [2.45, 2.75) is 38.7 Å². The van der Waals surface area contributed by atoms with Crippen LogP contribution in [0.5, 0.6) is 5.75 Å². The zero-order valence-electron chi connectivity index (χ0n) is 14.0. The number of nitrogens with zero attached hydrogens (tertiary/aromatic N) is 3. The molecule has 5 heteroatoms. The molecule has 4 rings (SSSR count). The second kappa shape index (κ2) is 5.44. The van der Waals surface area contributed by atoms with Crippen LogP contribution in [0.15, 0.2) is 47.0 Å². The maximum atomic E-state index is 6.08. The molecule has 5 nitrogen and oxygen atoms in total. The van der Waals surface area contributed by atoms with E-state index in [9.17, 15) is 0 Å². The molecule has 0 N–H and O–H groups in total. The van der Waals surface area contributed by atoms with Gasteiger partial charge in [0.1, 0.15) is 17.0 Å². The van der Waals surface area contributed by atoms with Crippen molar-refractivity contribution in [3.05, 3.63) is 59.6 Å². The van der Waals surface area contributed by atoms with Crippen molar-refractivity contribution >= 4 is 0 Å². The zero-order chi connectivity index (χ0) is 16.7. The molecule has 1 atom stereocenters. The Labute approximate surface area is 140 Å². The highest BCUT2D eigenvalue weighted by molar-refractivity contribution is 5.49. The smallest absolute Gasteiger partial charge is 0.234 e. The van der Waals surface area contributed by atoms with Crippen LogP contribution in [-0.2, 0) is 0 Å². The van der Waals surface area contributed by atoms with E-state index in [0.29, 0.717) is 11.7 Å². The van der Waals surface area contributed by atoms with Gasteiger partial charge in [-0.15, -0.1) is 0 Å². The van der Waals surface area contributed by atoms with Crippen LogP contribution in [0.1, 0.15) is 43.3 Å². The van der Waals surface area contributed by atoms with E-state index in [1.165, 1.54) is 0 Å². The molecule has 0 aliphatic carbocycles. The molecule has 0 fully saturated rings. The van der Waals surface area contributed by atoms with E-state index in [4.69, 9.17) is 9.26 Å². The molecule has 1 aromatic carbocycles. The Balaban J connectivity index is 1.74. The summed E-state index contributed by atoms with van der Waals surface area (Å²) in [4.78, 5) is 9.08. The molecule has 3 aromatic rings. The Morgan fingerprint density at radius 2 is 1.88 bits per heavy atom. The molecule has 1 aliphatic rings. The van der Waals surface area contributed by atoms with Gasteiger partial charge in [0, 0.05) is 17.7 Å². The number of benzene rings is 1. The predicted octanol–water partition coefficient (Wildman–Crippen LogP) is 4.13. The molecule has 0 radical (unpaired) electrons. The molecule has 24 heavy (non-hydrogen) atoms. The Morgan fingerprint density at radius 1 is 1.04 bits per heavy atom. The number of aromatic nitrogens is 3. The topological polar surface area (TPSA) is 61.0 Å². The summed E-state index contributed by atoms with van der Waals surface area (Å²) in [6.45, 7) is 6.10. The summed E-state index contributed by atoms with van der Waals surface area (Å²) < 4.78 is 11.7. The number of pyridine rings is 1. The fourth-order valence-corrected chi connectivity index (χ4v) is 3.17. The SMILES string of the molecule is Cc1cccc(-c2noc(C3CC(C)(C)Oc4ccccc43)n2)n1. The van der Waals surface area contributed by atoms with Gasteiger partial charge in [0.2, 0.25) is 11.7 Å². The predicted molar refractivity (Wildman–Crippen MR) is 89.9 cm³/mol. The number of rotatable bonds is 2. The lowest BCUT2D eigenvalue weighted by atomic mass is 9.84. The highest BCUT2D eigenvalue weighted by atomic mass is 16.5. The van der Waals surface area contributed by atoms with E-state index in [-0.39, 0.29) is 11.5 Å². The summed E-state index contributed by atoms with van der Waals surface area (Å²) in [6, 6.07) is 13.8. The third kappa shape index (κ3) is 2.66. The molecular formula is C19H19N3O2. The minimum Gasteiger partial charge on any atom is -0.488 e. The van der Waals surface area contributed by atoms with Crippen LogP contribution in [-0.4, -0.2) is 20.7 Å². The second-order valence-electron chi connectivity index (χ2n) is 6.78. The van der Waals surface area contributed by atoms with Crippen molar-refractivity contribution in [2.75, 3.05) is 0 Å². The van der Waals surface area contributed by atoms with Gasteiger partial charge in [-0.05, 0) is 39.0 Å². The molecule has 122 valence electrons. The van der Waals surface area contributed by atoms with Gasteiger partial charge in [-0.2, -0.15) is 4.98 Å². The number of hydrogen-bond donors (Lipinski definition) is 0. The van der Waals surface area contributed by atoms with E-state index in [2.05, 4.69) is 35.0 Å². The first-order valence-electron chi connectivity index (χ1n) is 8.07. The molecule has 0 saturated carbocycles. The van der Waals surface area contributed by atoms with E-state index < -0.39 is 0 Å². The third-order valence-electron chi connectivity index (χ3n) is 4.23. The lowest BCUT2D eigenvalue weighted by Crippen LogP contribution is -2.35. The number of hydrogen-bond acceptors (Lipinski definition) is 5. The van der Waals surface area contributed by atoms with Crippen LogP contribution in [0.4, 0.5) is 0 Å². The minimum absolute atomic E-state index is 0.0241. The van der Waals surface area contributed by atoms with E-state index in [0.717, 1.165) is 29.1 Å². The van der Waals surface area contributed by atoms with Gasteiger partial charge in [0.05, 0.1) is 5.92 Å². The van der Waals surface area contributed by atoms with Gasteiger partial charge in [0.15, 0.2) is 0 Å². The van der Waals surface area contributed by atoms with E-state index in [1.54, 1.807) is 0 Å². The molecule has 0 spiro atoms. The van der Waals surface area contributed by atoms with Gasteiger partial charge in [0.25, 0.3) is 0 Å². The normalized spacial score (nSPS) is 18.7. The standard InChI is InChI=1S/C19H19N3O2/c1-12-7-6-9-15(20-12)17-21-18(24-22-17)14-11-19(2,3)23-16-10-5-4-8-13(14)16/h4-10,14H,11H2,1-3H3. The van der Waals surface area contributed by atoms with Crippen molar-refractivity contribution in [1.29, 1.82) is 0 Å². The zero-order valence-corrected chi connectivity index (χ0v) is 14.0.